The molecule has 0 saturated carbocycles. The zero-order chi connectivity index (χ0) is 13.0. The summed E-state index contributed by atoms with van der Waals surface area (Å²) in [4.78, 5) is 0. The van der Waals surface area contributed by atoms with Gasteiger partial charge >= 0.3 is 0 Å². The Hall–Kier alpha value is -0.980. The molecule has 1 saturated heterocycles. The van der Waals surface area contributed by atoms with E-state index in [0.717, 1.165) is 19.4 Å². The second-order valence-corrected chi connectivity index (χ2v) is 6.27. The lowest BCUT2D eigenvalue weighted by Gasteiger charge is -2.23. The van der Waals surface area contributed by atoms with E-state index in [1.165, 1.54) is 12.1 Å². The van der Waals surface area contributed by atoms with Gasteiger partial charge in [0.15, 0.2) is 0 Å². The van der Waals surface area contributed by atoms with Gasteiger partial charge in [-0.1, -0.05) is 18.2 Å². The summed E-state index contributed by atoms with van der Waals surface area (Å²) in [5.41, 5.74) is 0.203. The third-order valence-electron chi connectivity index (χ3n) is 2.95. The maximum absolute atomic E-state index is 13.4. The standard InChI is InChI=1S/C12H17FN2O2S/c13-12-6-2-1-4-10(12)9-18(16,17)15-11-5-3-7-14-8-11/h1-2,4,6,11,14-15H,3,5,7-9H2/t11-/m1/s1. The van der Waals surface area contributed by atoms with E-state index in [-0.39, 0.29) is 17.4 Å². The number of sulfonamides is 1. The Bertz CT molecular complexity index is 499. The number of hydrogen-bond acceptors (Lipinski definition) is 3. The van der Waals surface area contributed by atoms with Crippen LogP contribution in [0, 0.1) is 5.82 Å². The molecule has 0 unspecified atom stereocenters. The molecule has 0 bridgehead atoms. The van der Waals surface area contributed by atoms with Crippen molar-refractivity contribution >= 4 is 10.0 Å². The maximum atomic E-state index is 13.4. The van der Waals surface area contributed by atoms with Crippen LogP contribution in [0.1, 0.15) is 18.4 Å². The van der Waals surface area contributed by atoms with Crippen LogP contribution >= 0.6 is 0 Å². The normalized spacial score (nSPS) is 20.8. The predicted molar refractivity (Wildman–Crippen MR) is 68.1 cm³/mol. The molecule has 1 aliphatic rings. The van der Waals surface area contributed by atoms with Gasteiger partial charge in [0.1, 0.15) is 5.82 Å². The van der Waals surface area contributed by atoms with E-state index in [1.54, 1.807) is 12.1 Å². The van der Waals surface area contributed by atoms with E-state index in [2.05, 4.69) is 10.0 Å². The molecule has 0 spiro atoms. The molecule has 1 aliphatic heterocycles. The van der Waals surface area contributed by atoms with Gasteiger partial charge in [-0.05, 0) is 25.5 Å². The zero-order valence-electron chi connectivity index (χ0n) is 10.0. The molecule has 6 heteroatoms. The fraction of sp³-hybridized carbons (Fsp3) is 0.500. The van der Waals surface area contributed by atoms with Gasteiger partial charge in [0.05, 0.1) is 5.75 Å². The maximum Gasteiger partial charge on any atom is 0.216 e. The fourth-order valence-electron chi connectivity index (χ4n) is 2.07. The van der Waals surface area contributed by atoms with E-state index in [4.69, 9.17) is 0 Å². The van der Waals surface area contributed by atoms with Gasteiger partial charge in [-0.3, -0.25) is 0 Å². The van der Waals surface area contributed by atoms with Crippen LogP contribution in [0.25, 0.3) is 0 Å². The Kier molecular flexibility index (Phi) is 4.31. The van der Waals surface area contributed by atoms with Crippen molar-refractivity contribution in [1.29, 1.82) is 0 Å². The minimum Gasteiger partial charge on any atom is -0.315 e. The van der Waals surface area contributed by atoms with Crippen LogP contribution in [0.15, 0.2) is 24.3 Å². The molecular formula is C12H17FN2O2S. The Morgan fingerprint density at radius 3 is 2.83 bits per heavy atom. The molecule has 1 aromatic carbocycles. The first-order chi connectivity index (χ1) is 8.57. The average Bonchev–Trinajstić information content (AvgIpc) is 2.32. The monoisotopic (exact) mass is 272 g/mol. The molecule has 1 fully saturated rings. The molecule has 0 amide bonds. The van der Waals surface area contributed by atoms with Crippen LogP contribution in [-0.4, -0.2) is 27.5 Å². The van der Waals surface area contributed by atoms with Crippen molar-refractivity contribution in [3.05, 3.63) is 35.6 Å². The van der Waals surface area contributed by atoms with Gasteiger partial charge in [0.2, 0.25) is 10.0 Å². The lowest BCUT2D eigenvalue weighted by atomic mass is 10.1. The van der Waals surface area contributed by atoms with Gasteiger partial charge in [-0.25, -0.2) is 17.5 Å². The highest BCUT2D eigenvalue weighted by Gasteiger charge is 2.21. The van der Waals surface area contributed by atoms with Gasteiger partial charge in [0, 0.05) is 18.2 Å². The van der Waals surface area contributed by atoms with Crippen LogP contribution in [0.3, 0.4) is 0 Å². The molecule has 0 aliphatic carbocycles. The molecule has 0 radical (unpaired) electrons. The van der Waals surface area contributed by atoms with E-state index in [9.17, 15) is 12.8 Å². The van der Waals surface area contributed by atoms with Crippen molar-refractivity contribution in [2.24, 2.45) is 0 Å². The fourth-order valence-corrected chi connectivity index (χ4v) is 3.50. The lowest BCUT2D eigenvalue weighted by molar-refractivity contribution is 0.428. The second-order valence-electron chi connectivity index (χ2n) is 4.51. The first-order valence-electron chi connectivity index (χ1n) is 6.01. The first kappa shape index (κ1) is 13.5. The summed E-state index contributed by atoms with van der Waals surface area (Å²) in [5.74, 6) is -0.791. The third-order valence-corrected chi connectivity index (χ3v) is 4.33. The molecule has 18 heavy (non-hydrogen) atoms. The number of benzene rings is 1. The minimum absolute atomic E-state index is 0.0875. The van der Waals surface area contributed by atoms with Crippen LogP contribution in [0.5, 0.6) is 0 Å². The minimum atomic E-state index is -3.49. The third kappa shape index (κ3) is 3.76. The smallest absolute Gasteiger partial charge is 0.216 e. The Balaban J connectivity index is 2.01. The summed E-state index contributed by atoms with van der Waals surface area (Å²) < 4.78 is 39.8. The molecule has 1 heterocycles. The number of nitrogens with one attached hydrogen (secondary N) is 2. The van der Waals surface area contributed by atoms with Crippen molar-refractivity contribution < 1.29 is 12.8 Å². The van der Waals surface area contributed by atoms with Crippen molar-refractivity contribution in [3.63, 3.8) is 0 Å². The van der Waals surface area contributed by atoms with Gasteiger partial charge < -0.3 is 5.32 Å². The quantitative estimate of drug-likeness (QED) is 0.859. The molecule has 1 aromatic rings. The molecule has 0 aromatic heterocycles. The lowest BCUT2D eigenvalue weighted by Crippen LogP contribution is -2.45. The predicted octanol–water partition coefficient (Wildman–Crippen LogP) is 0.997. The van der Waals surface area contributed by atoms with Crippen LogP contribution in [0.2, 0.25) is 0 Å². The zero-order valence-corrected chi connectivity index (χ0v) is 10.8. The first-order valence-corrected chi connectivity index (χ1v) is 7.66. The van der Waals surface area contributed by atoms with Gasteiger partial charge in [-0.2, -0.15) is 0 Å². The van der Waals surface area contributed by atoms with Crippen molar-refractivity contribution in [2.75, 3.05) is 13.1 Å². The highest BCUT2D eigenvalue weighted by molar-refractivity contribution is 7.88. The summed E-state index contributed by atoms with van der Waals surface area (Å²) in [6, 6.07) is 5.86. The van der Waals surface area contributed by atoms with Gasteiger partial charge in [-0.15, -0.1) is 0 Å². The summed E-state index contributed by atoms with van der Waals surface area (Å²) >= 11 is 0. The largest absolute Gasteiger partial charge is 0.315 e. The average molecular weight is 272 g/mol. The van der Waals surface area contributed by atoms with Gasteiger partial charge in [0.25, 0.3) is 0 Å². The van der Waals surface area contributed by atoms with E-state index in [1.807, 2.05) is 0 Å². The molecule has 100 valence electrons. The number of piperidine rings is 1. The van der Waals surface area contributed by atoms with Crippen molar-refractivity contribution in [3.8, 4) is 0 Å². The summed E-state index contributed by atoms with van der Waals surface area (Å²) in [6.07, 6.45) is 1.77. The molecule has 2 N–H and O–H groups in total. The number of rotatable bonds is 4. The molecule has 1 atom stereocenters. The highest BCUT2D eigenvalue weighted by Crippen LogP contribution is 2.11. The Morgan fingerprint density at radius 1 is 1.39 bits per heavy atom. The van der Waals surface area contributed by atoms with Crippen molar-refractivity contribution in [1.82, 2.24) is 10.0 Å². The summed E-state index contributed by atoms with van der Waals surface area (Å²) in [7, 11) is -3.49. The van der Waals surface area contributed by atoms with Crippen LogP contribution < -0.4 is 10.0 Å². The van der Waals surface area contributed by atoms with Crippen LogP contribution in [0.4, 0.5) is 4.39 Å². The molecule has 4 nitrogen and oxygen atoms in total. The molecular weight excluding hydrogens is 255 g/mol. The summed E-state index contributed by atoms with van der Waals surface area (Å²) in [6.45, 7) is 1.56. The van der Waals surface area contributed by atoms with E-state index in [0.29, 0.717) is 6.54 Å². The SMILES string of the molecule is O=S(=O)(Cc1ccccc1F)N[C@@H]1CCCNC1. The Morgan fingerprint density at radius 2 is 2.17 bits per heavy atom. The Labute approximate surface area is 107 Å². The second kappa shape index (κ2) is 5.77. The van der Waals surface area contributed by atoms with Crippen molar-refractivity contribution in [2.45, 2.75) is 24.6 Å². The highest BCUT2D eigenvalue weighted by atomic mass is 32.2. The van der Waals surface area contributed by atoms with E-state index < -0.39 is 15.8 Å². The number of halogens is 1. The van der Waals surface area contributed by atoms with E-state index >= 15 is 0 Å². The molecule has 2 rings (SSSR count). The number of hydrogen-bond donors (Lipinski definition) is 2. The summed E-state index contributed by atoms with van der Waals surface area (Å²) in [5, 5.41) is 3.13. The van der Waals surface area contributed by atoms with Crippen LogP contribution in [-0.2, 0) is 15.8 Å². The topological polar surface area (TPSA) is 58.2 Å².